The SMILES string of the molecule is COC(=O)c1cc(C(=O)N[C@H](C)C(=O)Nc2ccccn2)cc(C(=O)OC)c1.COC(=O)c1cc(C(=O)N[C@H](C)C(=O)Nc2ccccn2)cc(C(=O)OC)c1.COC(=O)c1cc(C(=O)N[C@H](C)C(=O)Nc2ccccn2)cc(C(=O)OC)c1.COC(=O)c1cc(C(=O)N[C@H](C)C(=O)Nc2ccccn2)cc(C(=O)OC)c1. The van der Waals surface area contributed by atoms with Gasteiger partial charge in [0.1, 0.15) is 47.4 Å². The Hall–Kier alpha value is -15.0. The third-order valence-corrected chi connectivity index (χ3v) is 14.8. The zero-order chi connectivity index (χ0) is 82.7. The summed E-state index contributed by atoms with van der Waals surface area (Å²) in [5.41, 5.74) is 0.0114. The molecule has 4 aromatic heterocycles. The fourth-order valence-electron chi connectivity index (χ4n) is 8.99. The highest BCUT2D eigenvalue weighted by Crippen LogP contribution is 2.19. The van der Waals surface area contributed by atoms with Gasteiger partial charge in [-0.1, -0.05) is 24.3 Å². The van der Waals surface area contributed by atoms with E-state index >= 15 is 0 Å². The Morgan fingerprint density at radius 3 is 0.500 bits per heavy atom. The summed E-state index contributed by atoms with van der Waals surface area (Å²) >= 11 is 0. The third kappa shape index (κ3) is 26.8. The van der Waals surface area contributed by atoms with E-state index < -0.39 is 119 Å². The summed E-state index contributed by atoms with van der Waals surface area (Å²) in [4.78, 5) is 209. The number of pyridine rings is 4. The molecule has 36 nitrogen and oxygen atoms in total. The second-order valence-electron chi connectivity index (χ2n) is 22.7. The predicted molar refractivity (Wildman–Crippen MR) is 396 cm³/mol. The molecule has 0 radical (unpaired) electrons. The lowest BCUT2D eigenvalue weighted by atomic mass is 10.0. The third-order valence-electron chi connectivity index (χ3n) is 14.8. The molecule has 0 aliphatic rings. The number of hydrogen-bond donors (Lipinski definition) is 8. The van der Waals surface area contributed by atoms with Gasteiger partial charge in [-0.2, -0.15) is 0 Å². The quantitative estimate of drug-likeness (QED) is 0.0268. The number of methoxy groups -OCH3 is 8. The molecule has 4 heterocycles. The molecule has 0 bridgehead atoms. The molecule has 8 aromatic rings. The minimum atomic E-state index is -0.905. The van der Waals surface area contributed by atoms with Crippen molar-refractivity contribution in [3.05, 3.63) is 237 Å². The highest BCUT2D eigenvalue weighted by molar-refractivity contribution is 6.09. The molecular formula is C76H76N12O24. The number of nitrogens with one attached hydrogen (secondary N) is 8. The van der Waals surface area contributed by atoms with Crippen LogP contribution in [0.25, 0.3) is 0 Å². The number of rotatable bonds is 24. The van der Waals surface area contributed by atoms with Crippen molar-refractivity contribution in [3.63, 3.8) is 0 Å². The maximum Gasteiger partial charge on any atom is 0.337 e. The van der Waals surface area contributed by atoms with E-state index in [0.717, 1.165) is 0 Å². The number of carbonyl (C=O) groups is 16. The van der Waals surface area contributed by atoms with E-state index in [1.165, 1.54) is 182 Å². The zero-order valence-electron chi connectivity index (χ0n) is 62.1. The second-order valence-corrected chi connectivity index (χ2v) is 22.7. The van der Waals surface area contributed by atoms with E-state index in [4.69, 9.17) is 0 Å². The van der Waals surface area contributed by atoms with Crippen LogP contribution in [0.15, 0.2) is 170 Å². The van der Waals surface area contributed by atoms with Crippen LogP contribution in [0.5, 0.6) is 0 Å². The summed E-state index contributed by atoms with van der Waals surface area (Å²) in [6.07, 6.45) is 6.08. The van der Waals surface area contributed by atoms with Gasteiger partial charge in [0.25, 0.3) is 23.6 Å². The van der Waals surface area contributed by atoms with E-state index in [2.05, 4.69) is 100 Å². The monoisotopic (exact) mass is 1540 g/mol. The van der Waals surface area contributed by atoms with Crippen LogP contribution in [0.4, 0.5) is 23.3 Å². The number of nitrogens with zero attached hydrogens (tertiary/aromatic N) is 4. The minimum absolute atomic E-state index is 0.000728. The Kier molecular flexibility index (Phi) is 34.1. The molecular weight excluding hydrogens is 1460 g/mol. The van der Waals surface area contributed by atoms with Crippen LogP contribution in [0, 0.1) is 0 Å². The largest absolute Gasteiger partial charge is 0.465 e. The summed E-state index contributed by atoms with van der Waals surface area (Å²) in [5.74, 6) is -8.95. The van der Waals surface area contributed by atoms with E-state index in [-0.39, 0.29) is 66.8 Å². The zero-order valence-corrected chi connectivity index (χ0v) is 62.1. The molecule has 0 aliphatic carbocycles. The highest BCUT2D eigenvalue weighted by Gasteiger charge is 2.27. The predicted octanol–water partition coefficient (Wildman–Crippen LogP) is 5.65. The summed E-state index contributed by atoms with van der Waals surface area (Å²) < 4.78 is 37.1. The van der Waals surface area contributed by atoms with Crippen LogP contribution in [0.1, 0.15) is 152 Å². The smallest absolute Gasteiger partial charge is 0.337 e. The Labute approximate surface area is 638 Å². The van der Waals surface area contributed by atoms with Gasteiger partial charge in [0.05, 0.1) is 101 Å². The van der Waals surface area contributed by atoms with Gasteiger partial charge in [0, 0.05) is 47.0 Å². The first-order valence-electron chi connectivity index (χ1n) is 32.8. The molecule has 0 spiro atoms. The number of carbonyl (C=O) groups excluding carboxylic acids is 16. The normalized spacial score (nSPS) is 11.1. The molecule has 584 valence electrons. The summed E-state index contributed by atoms with van der Waals surface area (Å²) in [6, 6.07) is 31.6. The summed E-state index contributed by atoms with van der Waals surface area (Å²) in [6.45, 7) is 5.95. The molecule has 8 N–H and O–H groups in total. The summed E-state index contributed by atoms with van der Waals surface area (Å²) in [7, 11) is 9.42. The van der Waals surface area contributed by atoms with Crippen molar-refractivity contribution >= 4 is 118 Å². The van der Waals surface area contributed by atoms with Crippen LogP contribution in [0.3, 0.4) is 0 Å². The van der Waals surface area contributed by atoms with Crippen LogP contribution in [-0.4, -0.2) is 196 Å². The number of esters is 8. The van der Waals surface area contributed by atoms with E-state index in [9.17, 15) is 76.7 Å². The fourth-order valence-corrected chi connectivity index (χ4v) is 8.99. The lowest BCUT2D eigenvalue weighted by Crippen LogP contribution is -2.41. The van der Waals surface area contributed by atoms with E-state index in [1.54, 1.807) is 72.8 Å². The van der Waals surface area contributed by atoms with Gasteiger partial charge in [0.2, 0.25) is 23.6 Å². The molecule has 8 amide bonds. The Morgan fingerprint density at radius 1 is 0.232 bits per heavy atom. The van der Waals surface area contributed by atoms with Crippen molar-refractivity contribution in [3.8, 4) is 0 Å². The Bertz CT molecular complexity index is 4050. The molecule has 8 rings (SSSR count). The van der Waals surface area contributed by atoms with Crippen molar-refractivity contribution in [2.45, 2.75) is 51.9 Å². The standard InChI is InChI=1S/4C19H19N3O6/c4*1-11(16(23)22-15-6-4-5-7-20-15)21-17(24)12-8-13(18(25)27-2)10-14(9-12)19(26)28-3/h4*4-11H,1-3H3,(H,21,24)(H,20,22,23)/t4*11-/m1111/s1. The van der Waals surface area contributed by atoms with E-state index in [0.29, 0.717) is 23.3 Å². The minimum Gasteiger partial charge on any atom is -0.465 e. The van der Waals surface area contributed by atoms with Gasteiger partial charge >= 0.3 is 47.8 Å². The van der Waals surface area contributed by atoms with Gasteiger partial charge in [0.15, 0.2) is 0 Å². The molecule has 0 saturated heterocycles. The van der Waals surface area contributed by atoms with Crippen molar-refractivity contribution in [2.75, 3.05) is 78.1 Å². The Balaban J connectivity index is 0.000000267. The number of hydrogen-bond acceptors (Lipinski definition) is 28. The molecule has 0 unspecified atom stereocenters. The first-order valence-corrected chi connectivity index (χ1v) is 32.8. The first kappa shape index (κ1) is 87.6. The summed E-state index contributed by atoms with van der Waals surface area (Å²) in [5, 5.41) is 20.3. The number of benzene rings is 4. The molecule has 4 aromatic carbocycles. The molecule has 112 heavy (non-hydrogen) atoms. The number of anilines is 4. The van der Waals surface area contributed by atoms with Gasteiger partial charge < -0.3 is 80.4 Å². The van der Waals surface area contributed by atoms with Gasteiger partial charge in [-0.25, -0.2) is 58.3 Å². The molecule has 4 atom stereocenters. The van der Waals surface area contributed by atoms with Crippen molar-refractivity contribution in [1.29, 1.82) is 0 Å². The number of amides is 8. The van der Waals surface area contributed by atoms with Crippen LogP contribution >= 0.6 is 0 Å². The fraction of sp³-hybridized carbons (Fsp3) is 0.211. The van der Waals surface area contributed by atoms with Crippen molar-refractivity contribution in [2.24, 2.45) is 0 Å². The highest BCUT2D eigenvalue weighted by atomic mass is 16.5. The first-order chi connectivity index (χ1) is 53.4. The van der Waals surface area contributed by atoms with Crippen molar-refractivity contribution < 1.29 is 115 Å². The average Bonchev–Trinajstić information content (AvgIpc) is 0.839. The number of aromatic nitrogens is 4. The molecule has 0 fully saturated rings. The number of ether oxygens (including phenoxy) is 8. The Morgan fingerprint density at radius 2 is 0.375 bits per heavy atom. The maximum absolute atomic E-state index is 12.5. The molecule has 0 aliphatic heterocycles. The van der Waals surface area contributed by atoms with Gasteiger partial charge in [-0.15, -0.1) is 0 Å². The van der Waals surface area contributed by atoms with Crippen LogP contribution in [0.2, 0.25) is 0 Å². The van der Waals surface area contributed by atoms with Gasteiger partial charge in [-0.05, 0) is 149 Å². The second kappa shape index (κ2) is 43.6. The van der Waals surface area contributed by atoms with Gasteiger partial charge in [-0.3, -0.25) is 38.4 Å². The lowest BCUT2D eigenvalue weighted by molar-refractivity contribution is -0.118. The lowest BCUT2D eigenvalue weighted by Gasteiger charge is -2.14. The molecule has 0 saturated carbocycles. The van der Waals surface area contributed by atoms with Crippen LogP contribution in [-0.2, 0) is 57.1 Å². The van der Waals surface area contributed by atoms with Crippen LogP contribution < -0.4 is 42.5 Å². The average molecular weight is 1540 g/mol. The van der Waals surface area contributed by atoms with Crippen molar-refractivity contribution in [1.82, 2.24) is 41.2 Å². The van der Waals surface area contributed by atoms with E-state index in [1.807, 2.05) is 0 Å². The molecule has 36 heteroatoms. The maximum atomic E-state index is 12.5. The topological polar surface area (TPSA) is 495 Å².